The zero-order valence-electron chi connectivity index (χ0n) is 5.59. The van der Waals surface area contributed by atoms with Gasteiger partial charge in [0.2, 0.25) is 0 Å². The molecular weight excluding hydrogens is 128 g/mol. The molecule has 0 amide bonds. The third kappa shape index (κ3) is 4.70. The van der Waals surface area contributed by atoms with Crippen LogP contribution in [0.2, 0.25) is 0 Å². The fraction of sp³-hybridized carbons (Fsp3) is 0.250. The van der Waals surface area contributed by atoms with Crippen molar-refractivity contribution in [3.63, 3.8) is 0 Å². The predicted octanol–water partition coefficient (Wildman–Crippen LogP) is 0.894. The van der Waals surface area contributed by atoms with E-state index in [1.807, 2.05) is 0 Å². The summed E-state index contributed by atoms with van der Waals surface area (Å²) < 4.78 is 4.58. The summed E-state index contributed by atoms with van der Waals surface area (Å²) in [7, 11) is 0. The highest BCUT2D eigenvalue weighted by Gasteiger charge is 1.92. The van der Waals surface area contributed by atoms with Crippen molar-refractivity contribution in [2.75, 3.05) is 6.61 Å². The molecule has 0 fully saturated rings. The molecule has 0 aliphatic heterocycles. The van der Waals surface area contributed by atoms with E-state index in [0.717, 1.165) is 6.08 Å². The Morgan fingerprint density at radius 2 is 2.50 bits per heavy atom. The van der Waals surface area contributed by atoms with Crippen LogP contribution in [-0.4, -0.2) is 12.6 Å². The van der Waals surface area contributed by atoms with Gasteiger partial charge >= 0.3 is 5.97 Å². The number of esters is 1. The number of ether oxygens (including phenoxy) is 1. The number of carbonyl (C=O) groups is 1. The Morgan fingerprint density at radius 1 is 1.80 bits per heavy atom. The normalized spacial score (nSPS) is 7.10. The van der Waals surface area contributed by atoms with Crippen molar-refractivity contribution in [2.24, 2.45) is 0 Å². The minimum Gasteiger partial charge on any atom is -0.461 e. The second kappa shape index (κ2) is 5.68. The molecule has 10 heavy (non-hydrogen) atoms. The van der Waals surface area contributed by atoms with Crippen molar-refractivity contribution >= 4 is 5.97 Å². The Kier molecular flexibility index (Phi) is 4.86. The Morgan fingerprint density at radius 3 is 3.00 bits per heavy atom. The second-order valence-electron chi connectivity index (χ2n) is 1.47. The standard InChI is InChI=1S/C8H8O2/c1-3-5-7-10-8(9)6-4-2/h1,6H,2,5,7H2. The maximum atomic E-state index is 10.5. The smallest absolute Gasteiger partial charge is 0.338 e. The third-order valence-corrected chi connectivity index (χ3v) is 0.711. The Labute approximate surface area is 60.2 Å². The van der Waals surface area contributed by atoms with Crippen molar-refractivity contribution in [1.82, 2.24) is 0 Å². The van der Waals surface area contributed by atoms with Gasteiger partial charge < -0.3 is 4.74 Å². The molecular formula is C8H8O2. The summed E-state index contributed by atoms with van der Waals surface area (Å²) in [5.74, 6) is 1.88. The minimum absolute atomic E-state index is 0.257. The molecule has 2 heteroatoms. The molecule has 0 radical (unpaired) electrons. The zero-order valence-corrected chi connectivity index (χ0v) is 5.59. The number of carbonyl (C=O) groups excluding carboxylic acids is 1. The van der Waals surface area contributed by atoms with Gasteiger partial charge in [0.05, 0.1) is 6.08 Å². The van der Waals surface area contributed by atoms with Crippen molar-refractivity contribution < 1.29 is 9.53 Å². The van der Waals surface area contributed by atoms with Crippen LogP contribution in [0.4, 0.5) is 0 Å². The first-order valence-electron chi connectivity index (χ1n) is 2.77. The molecule has 0 aliphatic carbocycles. The van der Waals surface area contributed by atoms with Gasteiger partial charge in [-0.1, -0.05) is 6.58 Å². The van der Waals surface area contributed by atoms with Crippen LogP contribution < -0.4 is 0 Å². The second-order valence-corrected chi connectivity index (χ2v) is 1.47. The first-order chi connectivity index (χ1) is 4.81. The SMILES string of the molecule is C#CCCOC(=O)C=C=C. The lowest BCUT2D eigenvalue weighted by molar-refractivity contribution is -0.137. The first kappa shape index (κ1) is 8.55. The highest BCUT2D eigenvalue weighted by atomic mass is 16.5. The summed E-state index contributed by atoms with van der Waals surface area (Å²) in [5.41, 5.74) is 2.29. The van der Waals surface area contributed by atoms with Crippen LogP contribution in [-0.2, 0) is 9.53 Å². The molecule has 2 nitrogen and oxygen atoms in total. The fourth-order valence-electron chi connectivity index (χ4n) is 0.336. The third-order valence-electron chi connectivity index (χ3n) is 0.711. The molecule has 52 valence electrons. The molecule has 0 aromatic heterocycles. The average Bonchev–Trinajstić information content (AvgIpc) is 1.89. The van der Waals surface area contributed by atoms with Gasteiger partial charge in [0.1, 0.15) is 6.61 Å². The summed E-state index contributed by atoms with van der Waals surface area (Å²) in [5, 5.41) is 0. The van der Waals surface area contributed by atoms with Crippen molar-refractivity contribution in [2.45, 2.75) is 6.42 Å². The van der Waals surface area contributed by atoms with E-state index in [2.05, 4.69) is 23.0 Å². The van der Waals surface area contributed by atoms with Crippen LogP contribution in [0.3, 0.4) is 0 Å². The van der Waals surface area contributed by atoms with Gasteiger partial charge in [0, 0.05) is 6.42 Å². The summed E-state index contributed by atoms with van der Waals surface area (Å²) in [6, 6.07) is 0. The van der Waals surface area contributed by atoms with Crippen molar-refractivity contribution in [3.8, 4) is 12.3 Å². The van der Waals surface area contributed by atoms with Crippen LogP contribution in [0.1, 0.15) is 6.42 Å². The molecule has 0 rings (SSSR count). The van der Waals surface area contributed by atoms with E-state index >= 15 is 0 Å². The van der Waals surface area contributed by atoms with Crippen LogP contribution in [0, 0.1) is 12.3 Å². The van der Waals surface area contributed by atoms with E-state index in [1.165, 1.54) is 0 Å². The first-order valence-corrected chi connectivity index (χ1v) is 2.77. The molecule has 0 bridgehead atoms. The van der Waals surface area contributed by atoms with Gasteiger partial charge in [-0.05, 0) is 0 Å². The van der Waals surface area contributed by atoms with E-state index in [9.17, 15) is 4.79 Å². The van der Waals surface area contributed by atoms with Crippen LogP contribution >= 0.6 is 0 Å². The molecule has 0 saturated carbocycles. The molecule has 0 N–H and O–H groups in total. The number of rotatable bonds is 3. The lowest BCUT2D eigenvalue weighted by atomic mass is 10.5. The van der Waals surface area contributed by atoms with E-state index in [4.69, 9.17) is 6.42 Å². The maximum Gasteiger partial charge on any atom is 0.338 e. The van der Waals surface area contributed by atoms with E-state index in [0.29, 0.717) is 6.42 Å². The van der Waals surface area contributed by atoms with Crippen LogP contribution in [0.25, 0.3) is 0 Å². The Bertz CT molecular complexity index is 192. The largest absolute Gasteiger partial charge is 0.461 e. The number of hydrogen-bond donors (Lipinski definition) is 0. The summed E-state index contributed by atoms with van der Waals surface area (Å²) in [4.78, 5) is 10.5. The molecule has 0 aliphatic rings. The summed E-state index contributed by atoms with van der Waals surface area (Å²) >= 11 is 0. The van der Waals surface area contributed by atoms with Gasteiger partial charge in [0.15, 0.2) is 0 Å². The van der Waals surface area contributed by atoms with Gasteiger partial charge in [-0.25, -0.2) is 4.79 Å². The van der Waals surface area contributed by atoms with Crippen molar-refractivity contribution in [1.29, 1.82) is 0 Å². The van der Waals surface area contributed by atoms with Gasteiger partial charge in [0.25, 0.3) is 0 Å². The Balaban J connectivity index is 3.42. The number of hydrogen-bond acceptors (Lipinski definition) is 2. The molecule has 0 heterocycles. The summed E-state index contributed by atoms with van der Waals surface area (Å²) in [6.45, 7) is 3.46. The van der Waals surface area contributed by atoms with E-state index < -0.39 is 5.97 Å². The van der Waals surface area contributed by atoms with Gasteiger partial charge in [-0.3, -0.25) is 0 Å². The maximum absolute atomic E-state index is 10.5. The van der Waals surface area contributed by atoms with Crippen LogP contribution in [0.15, 0.2) is 18.4 Å². The highest BCUT2D eigenvalue weighted by molar-refractivity contribution is 5.81. The molecule has 0 aromatic rings. The quantitative estimate of drug-likeness (QED) is 0.189. The van der Waals surface area contributed by atoms with E-state index in [-0.39, 0.29) is 6.61 Å². The van der Waals surface area contributed by atoms with Gasteiger partial charge in [-0.2, -0.15) is 0 Å². The zero-order chi connectivity index (χ0) is 7.82. The Hall–Kier alpha value is -1.45. The molecule has 0 atom stereocenters. The molecule has 0 spiro atoms. The molecule has 0 saturated heterocycles. The number of terminal acetylenes is 1. The van der Waals surface area contributed by atoms with E-state index in [1.54, 1.807) is 0 Å². The molecule has 0 aromatic carbocycles. The predicted molar refractivity (Wildman–Crippen MR) is 38.1 cm³/mol. The lowest BCUT2D eigenvalue weighted by Crippen LogP contribution is -2.00. The topological polar surface area (TPSA) is 26.3 Å². The monoisotopic (exact) mass is 136 g/mol. The van der Waals surface area contributed by atoms with Gasteiger partial charge in [-0.15, -0.1) is 18.1 Å². The highest BCUT2D eigenvalue weighted by Crippen LogP contribution is 1.82. The molecule has 0 unspecified atom stereocenters. The fourth-order valence-corrected chi connectivity index (χ4v) is 0.336. The van der Waals surface area contributed by atoms with Crippen molar-refractivity contribution in [3.05, 3.63) is 18.4 Å². The van der Waals surface area contributed by atoms with Crippen LogP contribution in [0.5, 0.6) is 0 Å². The lowest BCUT2D eigenvalue weighted by Gasteiger charge is -1.94. The minimum atomic E-state index is -0.453. The average molecular weight is 136 g/mol. The summed E-state index contributed by atoms with van der Waals surface area (Å²) in [6.07, 6.45) is 6.47.